The van der Waals surface area contributed by atoms with E-state index in [1.807, 2.05) is 6.92 Å². The molecule has 0 fully saturated rings. The van der Waals surface area contributed by atoms with Gasteiger partial charge in [0.2, 0.25) is 5.71 Å². The maximum Gasteiger partial charge on any atom is 0.343 e. The van der Waals surface area contributed by atoms with E-state index < -0.39 is 11.5 Å². The SMILES string of the molecule is CCCn1c(SCc2nc3oc(C)c(C(=O)OCC)c3c(=O)[nH]2)n[nH]c1=O. The van der Waals surface area contributed by atoms with Crippen LogP contribution < -0.4 is 11.2 Å². The molecule has 3 aromatic heterocycles. The first-order valence-electron chi connectivity index (χ1n) is 8.43. The van der Waals surface area contributed by atoms with Crippen molar-refractivity contribution in [3.05, 3.63) is 38.0 Å². The first-order chi connectivity index (χ1) is 13.0. The number of nitrogens with one attached hydrogen (secondary N) is 2. The summed E-state index contributed by atoms with van der Waals surface area (Å²) >= 11 is 1.26. The third-order valence-electron chi connectivity index (χ3n) is 3.78. The van der Waals surface area contributed by atoms with Crippen molar-refractivity contribution in [2.24, 2.45) is 0 Å². The van der Waals surface area contributed by atoms with Gasteiger partial charge in [0.1, 0.15) is 22.5 Å². The Balaban J connectivity index is 1.91. The number of aromatic nitrogens is 5. The van der Waals surface area contributed by atoms with Crippen molar-refractivity contribution in [2.75, 3.05) is 6.61 Å². The van der Waals surface area contributed by atoms with Crippen LogP contribution in [0.25, 0.3) is 11.1 Å². The van der Waals surface area contributed by atoms with E-state index in [9.17, 15) is 14.4 Å². The Kier molecular flexibility index (Phi) is 5.49. The molecule has 0 aliphatic rings. The minimum atomic E-state index is -0.622. The molecule has 0 spiro atoms. The first-order valence-corrected chi connectivity index (χ1v) is 9.42. The molecule has 10 nitrogen and oxygen atoms in total. The van der Waals surface area contributed by atoms with Gasteiger partial charge >= 0.3 is 11.7 Å². The molecule has 11 heteroatoms. The second kappa shape index (κ2) is 7.82. The van der Waals surface area contributed by atoms with Gasteiger partial charge in [-0.1, -0.05) is 18.7 Å². The van der Waals surface area contributed by atoms with E-state index in [2.05, 4.69) is 20.2 Å². The second-order valence-corrected chi connectivity index (χ2v) is 6.64. The molecule has 0 aliphatic heterocycles. The van der Waals surface area contributed by atoms with Gasteiger partial charge in [-0.25, -0.2) is 14.7 Å². The predicted molar refractivity (Wildman–Crippen MR) is 98.0 cm³/mol. The number of furan rings is 1. The third-order valence-corrected chi connectivity index (χ3v) is 4.76. The molecule has 0 bridgehead atoms. The summed E-state index contributed by atoms with van der Waals surface area (Å²) in [6.45, 7) is 5.95. The average molecular weight is 393 g/mol. The van der Waals surface area contributed by atoms with Gasteiger partial charge in [-0.2, -0.15) is 4.98 Å². The Labute approximate surface area is 157 Å². The highest BCUT2D eigenvalue weighted by atomic mass is 32.2. The number of H-pyrrole nitrogens is 2. The van der Waals surface area contributed by atoms with Crippen molar-refractivity contribution in [2.45, 2.75) is 44.6 Å². The fourth-order valence-electron chi connectivity index (χ4n) is 2.65. The lowest BCUT2D eigenvalue weighted by atomic mass is 10.2. The Morgan fingerprint density at radius 3 is 2.81 bits per heavy atom. The predicted octanol–water partition coefficient (Wildman–Crippen LogP) is 1.59. The van der Waals surface area contributed by atoms with Crippen molar-refractivity contribution in [3.63, 3.8) is 0 Å². The van der Waals surface area contributed by atoms with Gasteiger partial charge in [0, 0.05) is 6.54 Å². The Bertz CT molecular complexity index is 1090. The number of nitrogens with zero attached hydrogens (tertiary/aromatic N) is 3. The molecule has 0 saturated carbocycles. The molecule has 0 aromatic carbocycles. The third kappa shape index (κ3) is 3.68. The van der Waals surface area contributed by atoms with Crippen LogP contribution in [-0.4, -0.2) is 37.3 Å². The van der Waals surface area contributed by atoms with Gasteiger partial charge in [0.25, 0.3) is 5.56 Å². The first kappa shape index (κ1) is 19.0. The van der Waals surface area contributed by atoms with E-state index in [1.165, 1.54) is 16.3 Å². The summed E-state index contributed by atoms with van der Waals surface area (Å²) in [4.78, 5) is 43.2. The summed E-state index contributed by atoms with van der Waals surface area (Å²) in [6.07, 6.45) is 0.788. The maximum atomic E-state index is 12.5. The number of hydrogen-bond acceptors (Lipinski definition) is 8. The molecule has 0 amide bonds. The number of carbonyl (C=O) groups is 1. The van der Waals surface area contributed by atoms with E-state index in [0.29, 0.717) is 17.5 Å². The molecule has 0 aliphatic carbocycles. The Morgan fingerprint density at radius 1 is 1.33 bits per heavy atom. The van der Waals surface area contributed by atoms with Gasteiger partial charge in [-0.3, -0.25) is 9.36 Å². The summed E-state index contributed by atoms with van der Waals surface area (Å²) in [7, 11) is 0. The highest BCUT2D eigenvalue weighted by molar-refractivity contribution is 7.98. The van der Waals surface area contributed by atoms with E-state index in [0.717, 1.165) is 6.42 Å². The second-order valence-electron chi connectivity index (χ2n) is 5.70. The highest BCUT2D eigenvalue weighted by Crippen LogP contribution is 2.23. The van der Waals surface area contributed by atoms with Crippen molar-refractivity contribution in [1.82, 2.24) is 24.7 Å². The summed E-state index contributed by atoms with van der Waals surface area (Å²) in [6, 6.07) is 0. The zero-order chi connectivity index (χ0) is 19.6. The lowest BCUT2D eigenvalue weighted by Gasteiger charge is -2.03. The van der Waals surface area contributed by atoms with Crippen LogP contribution in [0.1, 0.15) is 42.2 Å². The van der Waals surface area contributed by atoms with E-state index in [-0.39, 0.29) is 40.5 Å². The molecule has 3 heterocycles. The summed E-state index contributed by atoms with van der Waals surface area (Å²) in [5, 5.41) is 6.97. The maximum absolute atomic E-state index is 12.5. The topological polar surface area (TPSA) is 136 Å². The number of carbonyl (C=O) groups excluding carboxylic acids is 1. The molecule has 0 unspecified atom stereocenters. The fraction of sp³-hybridized carbons (Fsp3) is 0.438. The minimum absolute atomic E-state index is 0.0716. The molecule has 3 rings (SSSR count). The molecule has 3 aromatic rings. The number of ether oxygens (including phenoxy) is 1. The van der Waals surface area contributed by atoms with E-state index in [4.69, 9.17) is 9.15 Å². The summed E-state index contributed by atoms with van der Waals surface area (Å²) < 4.78 is 12.0. The van der Waals surface area contributed by atoms with Crippen molar-refractivity contribution >= 4 is 28.8 Å². The van der Waals surface area contributed by atoms with E-state index in [1.54, 1.807) is 13.8 Å². The van der Waals surface area contributed by atoms with E-state index >= 15 is 0 Å². The average Bonchev–Trinajstić information content (AvgIpc) is 3.14. The van der Waals surface area contributed by atoms with Crippen LogP contribution >= 0.6 is 11.8 Å². The summed E-state index contributed by atoms with van der Waals surface area (Å²) in [5.74, 6) is 0.270. The van der Waals surface area contributed by atoms with Gasteiger partial charge in [0.05, 0.1) is 12.4 Å². The normalized spacial score (nSPS) is 11.2. The van der Waals surface area contributed by atoms with Crippen LogP contribution in [0.2, 0.25) is 0 Å². The lowest BCUT2D eigenvalue weighted by Crippen LogP contribution is -2.17. The fourth-order valence-corrected chi connectivity index (χ4v) is 3.49. The molecular formula is C16H19N5O5S. The van der Waals surface area contributed by atoms with Crippen LogP contribution in [0.4, 0.5) is 0 Å². The molecule has 27 heavy (non-hydrogen) atoms. The van der Waals surface area contributed by atoms with Gasteiger partial charge in [-0.15, -0.1) is 5.10 Å². The lowest BCUT2D eigenvalue weighted by molar-refractivity contribution is 0.0526. The quantitative estimate of drug-likeness (QED) is 0.456. The van der Waals surface area contributed by atoms with Gasteiger partial charge < -0.3 is 14.1 Å². The standard InChI is InChI=1S/C16H19N5O5S/c1-4-6-21-15(24)19-20-16(21)27-7-9-17-12(22)11-10(14(23)25-5-2)8(3)26-13(11)18-9/h4-7H2,1-3H3,(H,19,24)(H,17,18,22). The van der Waals surface area contributed by atoms with Crippen LogP contribution in [0.3, 0.4) is 0 Å². The molecule has 0 radical (unpaired) electrons. The number of aromatic amines is 2. The zero-order valence-electron chi connectivity index (χ0n) is 15.1. The highest BCUT2D eigenvalue weighted by Gasteiger charge is 2.23. The van der Waals surface area contributed by atoms with Crippen LogP contribution in [0.5, 0.6) is 0 Å². The van der Waals surface area contributed by atoms with Gasteiger partial charge in [-0.05, 0) is 20.3 Å². The Hall–Kier alpha value is -2.82. The zero-order valence-corrected chi connectivity index (χ0v) is 15.9. The molecule has 0 saturated heterocycles. The number of esters is 1. The Morgan fingerprint density at radius 2 is 2.11 bits per heavy atom. The van der Waals surface area contributed by atoms with Crippen molar-refractivity contribution in [1.29, 1.82) is 0 Å². The largest absolute Gasteiger partial charge is 0.462 e. The van der Waals surface area contributed by atoms with Crippen molar-refractivity contribution < 1.29 is 13.9 Å². The van der Waals surface area contributed by atoms with Crippen LogP contribution in [-0.2, 0) is 17.0 Å². The van der Waals surface area contributed by atoms with Crippen LogP contribution in [0, 0.1) is 6.92 Å². The molecule has 0 atom stereocenters. The number of rotatable bonds is 7. The molecular weight excluding hydrogens is 374 g/mol. The number of thioether (sulfide) groups is 1. The number of hydrogen-bond donors (Lipinski definition) is 2. The van der Waals surface area contributed by atoms with Gasteiger partial charge in [0.15, 0.2) is 5.16 Å². The smallest absolute Gasteiger partial charge is 0.343 e. The minimum Gasteiger partial charge on any atom is -0.462 e. The molecule has 2 N–H and O–H groups in total. The van der Waals surface area contributed by atoms with Crippen LogP contribution in [0.15, 0.2) is 19.2 Å². The summed E-state index contributed by atoms with van der Waals surface area (Å²) in [5.41, 5.74) is -0.604. The molecule has 144 valence electrons. The number of fused-ring (bicyclic) bond motifs is 1. The monoisotopic (exact) mass is 393 g/mol. The number of aryl methyl sites for hydroxylation is 1. The van der Waals surface area contributed by atoms with Crippen molar-refractivity contribution in [3.8, 4) is 0 Å².